The minimum absolute atomic E-state index is 0. The number of H-pyrrole nitrogens is 1. The topological polar surface area (TPSA) is 322 Å². The summed E-state index contributed by atoms with van der Waals surface area (Å²) in [6.45, 7) is 44.7. The molecule has 1 fully saturated rings. The van der Waals surface area contributed by atoms with Crippen LogP contribution in [0.25, 0.3) is 32.0 Å². The highest BCUT2D eigenvalue weighted by Crippen LogP contribution is 2.39. The second-order valence-electron chi connectivity index (χ2n) is 27.6. The molecule has 6 rings (SSSR count). The Kier molecular flexibility index (Phi) is 49.2. The largest absolute Gasteiger partial charge is 1.00 e. The van der Waals surface area contributed by atoms with Crippen LogP contribution in [0, 0.1) is 0 Å². The number of fused-ring (bicyclic) bond motifs is 1. The average Bonchev–Trinajstić information content (AvgIpc) is 1.59. The van der Waals surface area contributed by atoms with E-state index in [4.69, 9.17) is 85.2 Å². The third kappa shape index (κ3) is 41.2. The zero-order valence-corrected chi connectivity index (χ0v) is 68.3. The number of rotatable bonds is 35. The number of aromatic amines is 1. The molecule has 24 nitrogen and oxygen atoms in total. The lowest BCUT2D eigenvalue weighted by Gasteiger charge is -2.36. The number of likely N-dealkylation sites (tertiary alicyclic amines) is 1. The van der Waals surface area contributed by atoms with E-state index in [9.17, 15) is 0 Å². The van der Waals surface area contributed by atoms with Gasteiger partial charge >= 0.3 is 0 Å². The molecule has 6 N–H and O–H groups in total. The van der Waals surface area contributed by atoms with Crippen LogP contribution in [0.5, 0.6) is 0 Å². The van der Waals surface area contributed by atoms with Crippen LogP contribution in [-0.4, -0.2) is 185 Å². The molecular weight excluding hydrogens is 1460 g/mol. The SMILES string of the molecule is CC(C)(C)[Si](C)(C)Cl.CC(C)(C)[Si](C)(C)OCc1ccc(CI)cc1.CC(C)(C)[Si](C)(C)OCc1ccc(CO)cc1.C[N+]1(c2nc(N)nc3nc[nH]c23)CCCC1.[Cl-].[N-]=[N+]=NCCOCCOCCOCCO.[N-]=[N+]=NCCOCCOCCOCCOCc1ccc(CO)cc1. The lowest BCUT2D eigenvalue weighted by Crippen LogP contribution is -3.00. The van der Waals surface area contributed by atoms with Gasteiger partial charge in [-0.1, -0.05) is 181 Å². The van der Waals surface area contributed by atoms with Gasteiger partial charge in [-0.25, -0.2) is 4.98 Å². The van der Waals surface area contributed by atoms with Crippen molar-refractivity contribution in [2.24, 2.45) is 10.2 Å². The molecule has 0 radical (unpaired) electrons. The number of halogens is 3. The van der Waals surface area contributed by atoms with E-state index in [0.717, 1.165) is 56.6 Å². The van der Waals surface area contributed by atoms with E-state index in [1.807, 2.05) is 48.5 Å². The van der Waals surface area contributed by atoms with Gasteiger partial charge < -0.3 is 80.5 Å². The van der Waals surface area contributed by atoms with Gasteiger partial charge in [0.1, 0.15) is 0 Å². The van der Waals surface area contributed by atoms with Gasteiger partial charge in [0.05, 0.1) is 152 Å². The number of hydrogen-bond acceptors (Lipinski definition) is 18. The molecule has 1 aliphatic rings. The Morgan fingerprint density at radius 2 is 0.878 bits per heavy atom. The number of nitrogen functional groups attached to an aromatic ring is 1. The zero-order chi connectivity index (χ0) is 72.9. The number of nitrogens with two attached hydrogens (primary N) is 1. The van der Waals surface area contributed by atoms with Crippen LogP contribution in [0.15, 0.2) is 89.4 Å². The average molecular weight is 1580 g/mol. The highest BCUT2D eigenvalue weighted by atomic mass is 127. The smallest absolute Gasteiger partial charge is 0.258 e. The van der Waals surface area contributed by atoms with Crippen molar-refractivity contribution in [2.75, 3.05) is 131 Å². The predicted octanol–water partition coefficient (Wildman–Crippen LogP) is 12.1. The molecule has 0 atom stereocenters. The number of alkyl halides is 1. The van der Waals surface area contributed by atoms with Gasteiger partial charge in [0.2, 0.25) is 5.95 Å². The third-order valence-corrected chi connectivity index (χ3v) is 31.8. The number of anilines is 1. The van der Waals surface area contributed by atoms with Gasteiger partial charge in [-0.3, -0.25) is 4.48 Å². The van der Waals surface area contributed by atoms with E-state index in [2.05, 4.69) is 195 Å². The Bertz CT molecular complexity index is 2860. The fourth-order valence-corrected chi connectivity index (χ4v) is 9.82. The number of azide groups is 2. The molecule has 98 heavy (non-hydrogen) atoms. The molecule has 30 heteroatoms. The maximum Gasteiger partial charge on any atom is 0.258 e. The second-order valence-corrected chi connectivity index (χ2v) is 45.3. The summed E-state index contributed by atoms with van der Waals surface area (Å²) in [5.41, 5.74) is 30.1. The first-order chi connectivity index (χ1) is 45.7. The van der Waals surface area contributed by atoms with Crippen molar-refractivity contribution < 1.29 is 69.7 Å². The Balaban J connectivity index is 0.00000117. The molecule has 0 spiro atoms. The van der Waals surface area contributed by atoms with Crippen LogP contribution in [0.2, 0.25) is 54.4 Å². The number of hydrogen-bond donors (Lipinski definition) is 5. The van der Waals surface area contributed by atoms with Gasteiger partial charge in [-0.05, 0) is 85.7 Å². The number of quaternary nitrogens is 1. The van der Waals surface area contributed by atoms with Crippen molar-refractivity contribution in [3.05, 3.63) is 133 Å². The number of imidazole rings is 1. The number of aromatic nitrogens is 4. The van der Waals surface area contributed by atoms with E-state index in [0.29, 0.717) is 129 Å². The Labute approximate surface area is 612 Å². The van der Waals surface area contributed by atoms with Crippen molar-refractivity contribution >= 4 is 80.6 Å². The quantitative estimate of drug-likeness (QED) is 0.00290. The molecule has 0 saturated carbocycles. The molecular formula is C68H119Cl2IN12O12Si3. The zero-order valence-electron chi connectivity index (χ0n) is 61.6. The summed E-state index contributed by atoms with van der Waals surface area (Å²) >= 11 is 8.53. The summed E-state index contributed by atoms with van der Waals surface area (Å²) in [4.78, 5) is 21.0. The van der Waals surface area contributed by atoms with Crippen LogP contribution in [0.4, 0.5) is 11.8 Å². The normalized spacial score (nSPS) is 12.9. The Morgan fingerprint density at radius 3 is 1.21 bits per heavy atom. The summed E-state index contributed by atoms with van der Waals surface area (Å²) in [6, 6.07) is 24.3. The van der Waals surface area contributed by atoms with Crippen molar-refractivity contribution in [1.82, 2.24) is 24.4 Å². The van der Waals surface area contributed by atoms with E-state index < -0.39 is 24.0 Å². The second kappa shape index (κ2) is 51.3. The minimum atomic E-state index is -1.66. The van der Waals surface area contributed by atoms with Crippen molar-refractivity contribution in [3.63, 3.8) is 0 Å². The molecule has 1 saturated heterocycles. The maximum absolute atomic E-state index is 8.97. The van der Waals surface area contributed by atoms with Gasteiger partial charge in [0, 0.05) is 40.2 Å². The van der Waals surface area contributed by atoms with Crippen molar-refractivity contribution in [2.45, 2.75) is 167 Å². The standard InChI is InChI=1S/C16H25N3O5.C14H23IOSi.C14H24O2Si.C10H15N6.C8H17N3O4.C6H15ClSi.ClH/c17-19-18-5-6-21-7-8-22-9-10-23-11-12-24-14-16-3-1-15(13-20)2-4-16;2*1-14(2,3)17(4,5)16-11-13-8-6-12(10-15)7-9-13;1-16(4-2-3-5-16)9-7-8(13-6-12-7)14-10(11)15-9;9-11-10-1-3-13-5-7-15-8-6-14-4-2-12;1-6(2,3)8(4,5)7;/h1-4,20H,5-14H2;6-9H,10-11H2,1-5H3;6-9,15H,10-11H2,1-5H3;6H,2-5H2,1H3,(H3,11,12,13,14,15);12H,1-8H2;1-5H3;1H/q;;;+1;;;/p-1. The fourth-order valence-electron chi connectivity index (χ4n) is 7.39. The van der Waals surface area contributed by atoms with Crippen LogP contribution in [-0.2, 0) is 79.5 Å². The highest BCUT2D eigenvalue weighted by molar-refractivity contribution is 14.1. The molecule has 0 bridgehead atoms. The van der Waals surface area contributed by atoms with Crippen LogP contribution < -0.4 is 22.6 Å². The summed E-state index contributed by atoms with van der Waals surface area (Å²) < 4.78 is 50.8. The van der Waals surface area contributed by atoms with Crippen molar-refractivity contribution in [1.29, 1.82) is 0 Å². The molecule has 0 aliphatic carbocycles. The van der Waals surface area contributed by atoms with Crippen LogP contribution in [0.3, 0.4) is 0 Å². The number of ether oxygens (including phenoxy) is 7. The van der Waals surface area contributed by atoms with E-state index in [1.54, 1.807) is 6.33 Å². The summed E-state index contributed by atoms with van der Waals surface area (Å²) in [6.07, 6.45) is 4.11. The Hall–Kier alpha value is -3.93. The summed E-state index contributed by atoms with van der Waals surface area (Å²) in [7, 11) is -2.47. The number of nitrogens with one attached hydrogen (secondary N) is 1. The number of aliphatic hydroxyl groups excluding tert-OH is 3. The number of aliphatic hydroxyl groups is 3. The Morgan fingerprint density at radius 1 is 0.541 bits per heavy atom. The van der Waals surface area contributed by atoms with Gasteiger partial charge in [-0.15, -0.1) is 0 Å². The molecule has 3 aromatic carbocycles. The number of nitrogens with zero attached hydrogens (tertiary/aromatic N) is 10. The van der Waals surface area contributed by atoms with Gasteiger partial charge in [-0.2, -0.15) is 21.0 Å². The predicted molar refractivity (Wildman–Crippen MR) is 408 cm³/mol. The monoisotopic (exact) mass is 1580 g/mol. The molecule has 1 aliphatic heterocycles. The van der Waals surface area contributed by atoms with E-state index in [-0.39, 0.29) is 42.3 Å². The molecule has 0 amide bonds. The summed E-state index contributed by atoms with van der Waals surface area (Å²) in [5, 5.41) is 33.9. The van der Waals surface area contributed by atoms with Crippen molar-refractivity contribution in [3.8, 4) is 0 Å². The molecule has 2 aromatic heterocycles. The third-order valence-electron chi connectivity index (χ3n) is 16.7. The molecule has 3 heterocycles. The molecule has 0 unspecified atom stereocenters. The highest BCUT2D eigenvalue weighted by Gasteiger charge is 2.38. The fraction of sp³-hybridized carbons (Fsp3) is 0.662. The lowest BCUT2D eigenvalue weighted by atomic mass is 10.1. The lowest BCUT2D eigenvalue weighted by molar-refractivity contribution is -0.00335. The van der Waals surface area contributed by atoms with Crippen LogP contribution >= 0.6 is 33.7 Å². The van der Waals surface area contributed by atoms with Gasteiger partial charge in [0.25, 0.3) is 5.82 Å². The number of benzene rings is 3. The first kappa shape index (κ1) is 94.1. The minimum Gasteiger partial charge on any atom is -1.00 e. The van der Waals surface area contributed by atoms with Crippen LogP contribution in [0.1, 0.15) is 109 Å². The first-order valence-electron chi connectivity index (χ1n) is 33.2. The van der Waals surface area contributed by atoms with E-state index >= 15 is 0 Å². The molecule has 556 valence electrons. The molecule has 5 aromatic rings. The summed E-state index contributed by atoms with van der Waals surface area (Å²) in [5.74, 6) is 1.28. The maximum atomic E-state index is 8.97. The first-order valence-corrected chi connectivity index (χ1v) is 44.6. The van der Waals surface area contributed by atoms with Gasteiger partial charge in [0.15, 0.2) is 35.2 Å². The van der Waals surface area contributed by atoms with E-state index in [1.165, 1.54) is 29.5 Å².